The van der Waals surface area contributed by atoms with Crippen LogP contribution in [0.15, 0.2) is 42.6 Å². The Morgan fingerprint density at radius 3 is 2.55 bits per heavy atom. The molecule has 3 heterocycles. The van der Waals surface area contributed by atoms with Gasteiger partial charge in [0.15, 0.2) is 0 Å². The first-order chi connectivity index (χ1) is 16.0. The van der Waals surface area contributed by atoms with Crippen LogP contribution in [0, 0.1) is 10.1 Å². The number of aryl methyl sites for hydroxylation is 1. The highest BCUT2D eigenvalue weighted by atomic mass is 16.6. The molecule has 0 spiro atoms. The average Bonchev–Trinajstić information content (AvgIpc) is 3.20. The van der Waals surface area contributed by atoms with Crippen molar-refractivity contribution in [3.05, 3.63) is 64.0 Å². The molecule has 0 radical (unpaired) electrons. The molecular weight excluding hydrogens is 426 g/mol. The van der Waals surface area contributed by atoms with Crippen molar-refractivity contribution in [1.82, 2.24) is 19.3 Å². The number of ether oxygens (including phenoxy) is 1. The summed E-state index contributed by atoms with van der Waals surface area (Å²) in [5.41, 5.74) is 1.86. The Bertz CT molecular complexity index is 1010. The van der Waals surface area contributed by atoms with Gasteiger partial charge in [0.1, 0.15) is 0 Å². The van der Waals surface area contributed by atoms with Gasteiger partial charge in [0.25, 0.3) is 5.69 Å². The van der Waals surface area contributed by atoms with Crippen molar-refractivity contribution in [3.63, 3.8) is 0 Å². The zero-order chi connectivity index (χ0) is 23.4. The number of nitro groups is 1. The monoisotopic (exact) mass is 455 g/mol. The van der Waals surface area contributed by atoms with Gasteiger partial charge < -0.3 is 19.1 Å². The van der Waals surface area contributed by atoms with Crippen molar-refractivity contribution in [1.29, 1.82) is 0 Å². The zero-order valence-corrected chi connectivity index (χ0v) is 18.8. The molecule has 1 aromatic carbocycles. The van der Waals surface area contributed by atoms with E-state index < -0.39 is 4.92 Å². The van der Waals surface area contributed by atoms with E-state index in [0.29, 0.717) is 39.3 Å². The number of carbonyl (C=O) groups is 2. The molecule has 0 N–H and O–H groups in total. The van der Waals surface area contributed by atoms with Crippen molar-refractivity contribution < 1.29 is 19.2 Å². The highest BCUT2D eigenvalue weighted by Crippen LogP contribution is 2.33. The van der Waals surface area contributed by atoms with Gasteiger partial charge in [-0.3, -0.25) is 19.8 Å². The number of rotatable bonds is 5. The molecule has 176 valence electrons. The summed E-state index contributed by atoms with van der Waals surface area (Å²) in [5, 5.41) is 11.4. The van der Waals surface area contributed by atoms with Crippen LogP contribution in [0.4, 0.5) is 10.5 Å². The van der Waals surface area contributed by atoms with Crippen molar-refractivity contribution in [2.45, 2.75) is 25.9 Å². The number of amides is 2. The van der Waals surface area contributed by atoms with Crippen LogP contribution in [0.5, 0.6) is 0 Å². The van der Waals surface area contributed by atoms with Crippen LogP contribution in [0.1, 0.15) is 30.6 Å². The van der Waals surface area contributed by atoms with E-state index in [1.165, 1.54) is 6.07 Å². The number of benzene rings is 1. The summed E-state index contributed by atoms with van der Waals surface area (Å²) in [4.78, 5) is 41.6. The summed E-state index contributed by atoms with van der Waals surface area (Å²) in [6, 6.07) is 10.4. The number of nitro benzene ring substituents is 1. The third kappa shape index (κ3) is 5.00. The lowest BCUT2D eigenvalue weighted by molar-refractivity contribution is -0.384. The third-order valence-corrected chi connectivity index (χ3v) is 6.25. The second kappa shape index (κ2) is 10.0. The van der Waals surface area contributed by atoms with Gasteiger partial charge in [-0.05, 0) is 31.0 Å². The van der Waals surface area contributed by atoms with Crippen LogP contribution in [-0.4, -0.2) is 82.1 Å². The summed E-state index contributed by atoms with van der Waals surface area (Å²) >= 11 is 0. The van der Waals surface area contributed by atoms with E-state index in [-0.39, 0.29) is 30.3 Å². The number of nitrogens with zero attached hydrogens (tertiary/aromatic N) is 5. The molecule has 1 unspecified atom stereocenters. The number of hydrogen-bond acceptors (Lipinski definition) is 6. The lowest BCUT2D eigenvalue weighted by Gasteiger charge is -2.36. The van der Waals surface area contributed by atoms with Crippen LogP contribution in [-0.2, 0) is 16.1 Å². The molecule has 2 aromatic rings. The minimum absolute atomic E-state index is 0.00561. The minimum Gasteiger partial charge on any atom is -0.450 e. The Labute approximate surface area is 192 Å². The molecule has 1 aromatic heterocycles. The van der Waals surface area contributed by atoms with Gasteiger partial charge in [-0.1, -0.05) is 12.1 Å². The van der Waals surface area contributed by atoms with Crippen LogP contribution in [0.25, 0.3) is 0 Å². The molecule has 33 heavy (non-hydrogen) atoms. The van der Waals surface area contributed by atoms with Crippen LogP contribution < -0.4 is 0 Å². The van der Waals surface area contributed by atoms with E-state index >= 15 is 0 Å². The van der Waals surface area contributed by atoms with Crippen molar-refractivity contribution in [3.8, 4) is 0 Å². The van der Waals surface area contributed by atoms with Crippen molar-refractivity contribution in [2.75, 3.05) is 45.9 Å². The Morgan fingerprint density at radius 1 is 1.06 bits per heavy atom. The maximum Gasteiger partial charge on any atom is 0.409 e. The molecule has 10 nitrogen and oxygen atoms in total. The second-order valence-electron chi connectivity index (χ2n) is 8.27. The predicted octanol–water partition coefficient (Wildman–Crippen LogP) is 2.49. The molecule has 1 saturated heterocycles. The van der Waals surface area contributed by atoms with Gasteiger partial charge in [0.2, 0.25) is 5.91 Å². The first-order valence-corrected chi connectivity index (χ1v) is 11.3. The summed E-state index contributed by atoms with van der Waals surface area (Å²) in [6.45, 7) is 5.65. The molecule has 2 amide bonds. The van der Waals surface area contributed by atoms with Gasteiger partial charge in [0.05, 0.1) is 24.1 Å². The molecule has 1 atom stereocenters. The lowest BCUT2D eigenvalue weighted by atomic mass is 10.0. The molecule has 2 aliphatic rings. The predicted molar refractivity (Wildman–Crippen MR) is 121 cm³/mol. The van der Waals surface area contributed by atoms with E-state index in [1.54, 1.807) is 28.9 Å². The highest BCUT2D eigenvalue weighted by Gasteiger charge is 2.32. The fourth-order valence-electron chi connectivity index (χ4n) is 4.63. The molecule has 1 fully saturated rings. The number of carbonyl (C=O) groups excluding carboxylic acids is 2. The number of piperazine rings is 1. The maximum absolute atomic E-state index is 13.2. The number of non-ortho nitro benzene ring substituents is 1. The number of hydrogen-bond donors (Lipinski definition) is 0. The highest BCUT2D eigenvalue weighted by molar-refractivity contribution is 5.79. The molecule has 0 aliphatic carbocycles. The molecule has 10 heteroatoms. The Balaban J connectivity index is 1.52. The van der Waals surface area contributed by atoms with Crippen LogP contribution in [0.3, 0.4) is 0 Å². The average molecular weight is 456 g/mol. The van der Waals surface area contributed by atoms with Gasteiger partial charge in [-0.2, -0.15) is 0 Å². The summed E-state index contributed by atoms with van der Waals surface area (Å²) in [6.07, 6.45) is 2.54. The van der Waals surface area contributed by atoms with Gasteiger partial charge in [0, 0.05) is 63.3 Å². The molecule has 0 saturated carbocycles. The largest absolute Gasteiger partial charge is 0.450 e. The van der Waals surface area contributed by atoms with Gasteiger partial charge in [-0.25, -0.2) is 4.79 Å². The smallest absolute Gasteiger partial charge is 0.409 e. The molecule has 2 aliphatic heterocycles. The third-order valence-electron chi connectivity index (χ3n) is 6.25. The van der Waals surface area contributed by atoms with E-state index in [0.717, 1.165) is 24.2 Å². The SMILES string of the molecule is CCOC(=O)N1CCN(C(=O)CN2CCCn3cccc3C2c2cccc([N+](=O)[O-])c2)CC1. The lowest BCUT2D eigenvalue weighted by Crippen LogP contribution is -2.53. The minimum atomic E-state index is -0.391. The van der Waals surface area contributed by atoms with Crippen molar-refractivity contribution >= 4 is 17.7 Å². The Morgan fingerprint density at radius 2 is 1.82 bits per heavy atom. The fraction of sp³-hybridized carbons (Fsp3) is 0.478. The summed E-state index contributed by atoms with van der Waals surface area (Å²) in [5.74, 6) is -0.00561. The van der Waals surface area contributed by atoms with E-state index in [9.17, 15) is 19.7 Å². The van der Waals surface area contributed by atoms with Crippen molar-refractivity contribution in [2.24, 2.45) is 0 Å². The number of aromatic nitrogens is 1. The van der Waals surface area contributed by atoms with Gasteiger partial charge >= 0.3 is 6.09 Å². The maximum atomic E-state index is 13.2. The fourth-order valence-corrected chi connectivity index (χ4v) is 4.63. The van der Waals surface area contributed by atoms with Gasteiger partial charge in [-0.15, -0.1) is 0 Å². The summed E-state index contributed by atoms with van der Waals surface area (Å²) < 4.78 is 7.21. The quantitative estimate of drug-likeness (QED) is 0.507. The first-order valence-electron chi connectivity index (χ1n) is 11.3. The molecular formula is C23H29N5O5. The normalized spacial score (nSPS) is 19.0. The molecule has 0 bridgehead atoms. The van der Waals surface area contributed by atoms with Crippen LogP contribution in [0.2, 0.25) is 0 Å². The van der Waals surface area contributed by atoms with E-state index in [2.05, 4.69) is 9.47 Å². The first kappa shape index (κ1) is 22.8. The second-order valence-corrected chi connectivity index (χ2v) is 8.27. The standard InChI is InChI=1S/C23H29N5O5/c1-2-33-23(30)26-14-12-25(13-15-26)21(29)17-27-11-5-10-24-9-4-8-20(24)22(27)18-6-3-7-19(16-18)28(31)32/h3-4,6-9,16,22H,2,5,10-15,17H2,1H3. The Hall–Kier alpha value is -3.40. The topological polar surface area (TPSA) is 101 Å². The Kier molecular flexibility index (Phi) is 6.93. The van der Waals surface area contributed by atoms with E-state index in [1.807, 2.05) is 24.4 Å². The zero-order valence-electron chi connectivity index (χ0n) is 18.8. The summed E-state index contributed by atoms with van der Waals surface area (Å²) in [7, 11) is 0. The van der Waals surface area contributed by atoms with E-state index in [4.69, 9.17) is 4.74 Å². The molecule has 4 rings (SSSR count). The van der Waals surface area contributed by atoms with Crippen LogP contribution >= 0.6 is 0 Å². The number of fused-ring (bicyclic) bond motifs is 1.